The Hall–Kier alpha value is -0.930. The Labute approximate surface area is 111 Å². The van der Waals surface area contributed by atoms with E-state index in [1.54, 1.807) is 0 Å². The molecule has 0 atom stereocenters. The number of hydrogen-bond acceptors (Lipinski definition) is 2. The van der Waals surface area contributed by atoms with E-state index in [1.165, 1.54) is 18.2 Å². The molecule has 0 saturated heterocycles. The zero-order valence-electron chi connectivity index (χ0n) is 10.2. The van der Waals surface area contributed by atoms with Gasteiger partial charge in [0.25, 0.3) is 0 Å². The van der Waals surface area contributed by atoms with E-state index in [4.69, 9.17) is 17.3 Å². The lowest BCUT2D eigenvalue weighted by atomic mass is 9.65. The molecule has 1 saturated carbocycles. The summed E-state index contributed by atoms with van der Waals surface area (Å²) >= 11 is 5.95. The second-order valence-corrected chi connectivity index (χ2v) is 5.59. The molecule has 4 heteroatoms. The van der Waals surface area contributed by atoms with Gasteiger partial charge in [0.2, 0.25) is 0 Å². The number of rotatable bonds is 5. The monoisotopic (exact) mass is 269 g/mol. The first-order valence-electron chi connectivity index (χ1n) is 6.20. The van der Waals surface area contributed by atoms with E-state index < -0.39 is 0 Å². The highest BCUT2D eigenvalue weighted by atomic mass is 35.5. The second-order valence-electron chi connectivity index (χ2n) is 5.19. The number of carbonyl (C=O) groups is 1. The minimum atomic E-state index is -0.362. The molecule has 2 rings (SSSR count). The molecule has 1 aromatic rings. The van der Waals surface area contributed by atoms with Crippen LogP contribution in [0.25, 0.3) is 0 Å². The summed E-state index contributed by atoms with van der Waals surface area (Å²) in [5.41, 5.74) is 6.29. The van der Waals surface area contributed by atoms with Crippen molar-refractivity contribution >= 4 is 17.4 Å². The lowest BCUT2D eigenvalue weighted by Crippen LogP contribution is -2.39. The van der Waals surface area contributed by atoms with E-state index in [0.717, 1.165) is 19.3 Å². The summed E-state index contributed by atoms with van der Waals surface area (Å²) in [6.07, 6.45) is 3.86. The van der Waals surface area contributed by atoms with Crippen LogP contribution in [0.2, 0.25) is 5.02 Å². The van der Waals surface area contributed by atoms with Crippen molar-refractivity contribution < 1.29 is 9.18 Å². The van der Waals surface area contributed by atoms with Crippen LogP contribution >= 0.6 is 11.6 Å². The third kappa shape index (κ3) is 2.90. The van der Waals surface area contributed by atoms with Crippen molar-refractivity contribution in [3.05, 3.63) is 34.6 Å². The van der Waals surface area contributed by atoms with Crippen LogP contribution in [0, 0.1) is 11.2 Å². The lowest BCUT2D eigenvalue weighted by molar-refractivity contribution is -0.122. The molecule has 18 heavy (non-hydrogen) atoms. The molecule has 1 aliphatic carbocycles. The summed E-state index contributed by atoms with van der Waals surface area (Å²) in [4.78, 5) is 12.0. The molecule has 1 aliphatic rings. The minimum Gasteiger partial charge on any atom is -0.330 e. The fourth-order valence-electron chi connectivity index (χ4n) is 2.50. The SMILES string of the molecule is NCC1(CC(=O)Cc2cc(F)ccc2Cl)CCC1. The highest BCUT2D eigenvalue weighted by Gasteiger charge is 2.37. The van der Waals surface area contributed by atoms with Crippen LogP contribution in [0.5, 0.6) is 0 Å². The number of nitrogens with two attached hydrogens (primary N) is 1. The Morgan fingerprint density at radius 2 is 2.17 bits per heavy atom. The number of carbonyl (C=O) groups excluding carboxylic acids is 1. The van der Waals surface area contributed by atoms with E-state index >= 15 is 0 Å². The van der Waals surface area contributed by atoms with Gasteiger partial charge in [-0.25, -0.2) is 4.39 Å². The summed E-state index contributed by atoms with van der Waals surface area (Å²) in [6.45, 7) is 0.551. The average molecular weight is 270 g/mol. The first-order chi connectivity index (χ1) is 8.54. The maximum atomic E-state index is 13.1. The molecule has 0 heterocycles. The molecule has 0 spiro atoms. The number of halogens is 2. The molecule has 2 nitrogen and oxygen atoms in total. The van der Waals surface area contributed by atoms with Crippen LogP contribution in [0.15, 0.2) is 18.2 Å². The average Bonchev–Trinajstić information content (AvgIpc) is 2.28. The van der Waals surface area contributed by atoms with Crippen molar-refractivity contribution in [3.63, 3.8) is 0 Å². The van der Waals surface area contributed by atoms with Gasteiger partial charge < -0.3 is 5.73 Å². The van der Waals surface area contributed by atoms with Gasteiger partial charge in [0.05, 0.1) is 0 Å². The topological polar surface area (TPSA) is 43.1 Å². The van der Waals surface area contributed by atoms with Gasteiger partial charge in [0.1, 0.15) is 11.6 Å². The molecule has 0 radical (unpaired) electrons. The Bertz CT molecular complexity index is 452. The van der Waals surface area contributed by atoms with Gasteiger partial charge in [-0.1, -0.05) is 18.0 Å². The van der Waals surface area contributed by atoms with Gasteiger partial charge in [-0.3, -0.25) is 4.79 Å². The van der Waals surface area contributed by atoms with Crippen LogP contribution in [0.4, 0.5) is 4.39 Å². The molecular weight excluding hydrogens is 253 g/mol. The normalized spacial score (nSPS) is 17.3. The van der Waals surface area contributed by atoms with Crippen LogP contribution < -0.4 is 5.73 Å². The van der Waals surface area contributed by atoms with Crippen LogP contribution in [-0.4, -0.2) is 12.3 Å². The van der Waals surface area contributed by atoms with Crippen molar-refractivity contribution in [1.82, 2.24) is 0 Å². The summed E-state index contributed by atoms with van der Waals surface area (Å²) in [5.74, 6) is -0.271. The Kier molecular flexibility index (Phi) is 4.03. The largest absolute Gasteiger partial charge is 0.330 e. The fraction of sp³-hybridized carbons (Fsp3) is 0.500. The minimum absolute atomic E-state index is 0.00309. The fourth-order valence-corrected chi connectivity index (χ4v) is 2.69. The Morgan fingerprint density at radius 1 is 1.44 bits per heavy atom. The lowest BCUT2D eigenvalue weighted by Gasteiger charge is -2.40. The van der Waals surface area contributed by atoms with Crippen molar-refractivity contribution in [3.8, 4) is 0 Å². The molecule has 0 aliphatic heterocycles. The predicted molar refractivity (Wildman–Crippen MR) is 70.1 cm³/mol. The zero-order valence-corrected chi connectivity index (χ0v) is 11.0. The molecule has 0 unspecified atom stereocenters. The summed E-state index contributed by atoms with van der Waals surface area (Å²) in [7, 11) is 0. The molecule has 98 valence electrons. The quantitative estimate of drug-likeness (QED) is 0.893. The molecule has 2 N–H and O–H groups in total. The highest BCUT2D eigenvalue weighted by molar-refractivity contribution is 6.31. The molecule has 0 amide bonds. The summed E-state index contributed by atoms with van der Waals surface area (Å²) < 4.78 is 13.1. The van der Waals surface area contributed by atoms with Crippen molar-refractivity contribution in [2.24, 2.45) is 11.1 Å². The van der Waals surface area contributed by atoms with Gasteiger partial charge in [0.15, 0.2) is 0 Å². The maximum Gasteiger partial charge on any atom is 0.137 e. The summed E-state index contributed by atoms with van der Waals surface area (Å²) in [6, 6.07) is 4.11. The summed E-state index contributed by atoms with van der Waals surface area (Å²) in [5, 5.41) is 0.445. The van der Waals surface area contributed by atoms with Gasteiger partial charge in [0, 0.05) is 17.9 Å². The standard InChI is InChI=1S/C14H17ClFNO/c15-13-3-2-11(16)6-10(13)7-12(18)8-14(9-17)4-1-5-14/h2-3,6H,1,4-5,7-9,17H2. The van der Waals surface area contributed by atoms with E-state index in [2.05, 4.69) is 0 Å². The van der Waals surface area contributed by atoms with Crippen molar-refractivity contribution in [2.45, 2.75) is 32.1 Å². The first kappa shape index (κ1) is 13.5. The zero-order chi connectivity index (χ0) is 13.2. The van der Waals surface area contributed by atoms with E-state index in [1.807, 2.05) is 0 Å². The number of benzene rings is 1. The van der Waals surface area contributed by atoms with E-state index in [0.29, 0.717) is 23.6 Å². The van der Waals surface area contributed by atoms with Gasteiger partial charge in [-0.15, -0.1) is 0 Å². The molecule has 1 fully saturated rings. The third-order valence-electron chi connectivity index (χ3n) is 3.81. The van der Waals surface area contributed by atoms with E-state index in [9.17, 15) is 9.18 Å². The smallest absolute Gasteiger partial charge is 0.137 e. The number of hydrogen-bond donors (Lipinski definition) is 1. The van der Waals surface area contributed by atoms with Gasteiger partial charge >= 0.3 is 0 Å². The van der Waals surface area contributed by atoms with Crippen molar-refractivity contribution in [1.29, 1.82) is 0 Å². The highest BCUT2D eigenvalue weighted by Crippen LogP contribution is 2.43. The number of ketones is 1. The maximum absolute atomic E-state index is 13.1. The van der Waals surface area contributed by atoms with Crippen LogP contribution in [-0.2, 0) is 11.2 Å². The van der Waals surface area contributed by atoms with Crippen LogP contribution in [0.1, 0.15) is 31.2 Å². The Morgan fingerprint density at radius 3 is 2.72 bits per heavy atom. The first-order valence-corrected chi connectivity index (χ1v) is 6.58. The molecule has 0 aromatic heterocycles. The molecule has 0 bridgehead atoms. The van der Waals surface area contributed by atoms with Crippen molar-refractivity contribution in [2.75, 3.05) is 6.54 Å². The van der Waals surface area contributed by atoms with Gasteiger partial charge in [-0.2, -0.15) is 0 Å². The Balaban J connectivity index is 2.00. The van der Waals surface area contributed by atoms with Crippen LogP contribution in [0.3, 0.4) is 0 Å². The van der Waals surface area contributed by atoms with Gasteiger partial charge in [-0.05, 0) is 48.6 Å². The molecular formula is C14H17ClFNO. The second kappa shape index (κ2) is 5.37. The predicted octanol–water partition coefficient (Wildman–Crippen LogP) is 3.11. The number of Topliss-reactive ketones (excluding diaryl/α,β-unsaturated/α-hetero) is 1. The molecule has 1 aromatic carbocycles. The third-order valence-corrected chi connectivity index (χ3v) is 4.18. The van der Waals surface area contributed by atoms with E-state index in [-0.39, 0.29) is 23.4 Å².